The van der Waals surface area contributed by atoms with Gasteiger partial charge in [-0.3, -0.25) is 9.59 Å². The maximum Gasteiger partial charge on any atom is 0.266 e. The fourth-order valence-electron chi connectivity index (χ4n) is 3.63. The molecule has 1 fully saturated rings. The summed E-state index contributed by atoms with van der Waals surface area (Å²) in [4.78, 5) is 30.0. The number of hydrogen-bond acceptors (Lipinski definition) is 3. The average Bonchev–Trinajstić information content (AvgIpc) is 3.24. The molecule has 1 saturated heterocycles. The first kappa shape index (κ1) is 18.7. The highest BCUT2D eigenvalue weighted by molar-refractivity contribution is 6.30. The number of hydrogen-bond donors (Lipinski definition) is 2. The molecule has 1 aliphatic rings. The van der Waals surface area contributed by atoms with E-state index in [0.717, 1.165) is 10.9 Å². The molecule has 2 heterocycles. The lowest BCUT2D eigenvalue weighted by Gasteiger charge is -2.21. The summed E-state index contributed by atoms with van der Waals surface area (Å²) in [5.41, 5.74) is -0.0148. The Kier molecular flexibility index (Phi) is 4.69. The molecule has 5 nitrogen and oxygen atoms in total. The number of H-pyrrole nitrogens is 1. The van der Waals surface area contributed by atoms with Gasteiger partial charge in [-0.2, -0.15) is 0 Å². The first-order valence-corrected chi connectivity index (χ1v) is 9.34. The molecule has 7 heteroatoms. The maximum atomic E-state index is 13.4. The van der Waals surface area contributed by atoms with Crippen molar-refractivity contribution < 1.29 is 19.1 Å². The van der Waals surface area contributed by atoms with E-state index in [2.05, 4.69) is 4.98 Å². The van der Waals surface area contributed by atoms with Gasteiger partial charge >= 0.3 is 0 Å². The molecule has 2 aromatic carbocycles. The molecule has 0 bridgehead atoms. The number of benzene rings is 2. The summed E-state index contributed by atoms with van der Waals surface area (Å²) in [7, 11) is 0. The minimum absolute atomic E-state index is 0.0251. The average molecular weight is 401 g/mol. The van der Waals surface area contributed by atoms with Gasteiger partial charge in [-0.05, 0) is 53.8 Å². The molecule has 2 N–H and O–H groups in total. The van der Waals surface area contributed by atoms with Crippen LogP contribution in [0.25, 0.3) is 10.9 Å². The molecule has 0 saturated carbocycles. The number of nitrogens with one attached hydrogen (secondary N) is 1. The van der Waals surface area contributed by atoms with Gasteiger partial charge in [0.15, 0.2) is 5.78 Å². The van der Waals surface area contributed by atoms with E-state index in [0.29, 0.717) is 11.3 Å². The maximum absolute atomic E-state index is 13.4. The van der Waals surface area contributed by atoms with Crippen molar-refractivity contribution in [1.82, 2.24) is 4.98 Å². The SMILES string of the molecule is O=C(CCc1cc(F)cc(Cl)c1)[C@]1(O)CCN(c2ccc3cc[nH]c3c2)C1=O. The predicted octanol–water partition coefficient (Wildman–Crippen LogP) is 3.63. The fourth-order valence-corrected chi connectivity index (χ4v) is 3.88. The lowest BCUT2D eigenvalue weighted by molar-refractivity contribution is -0.147. The standard InChI is InChI=1S/C21H18ClFN2O3/c22-15-9-13(10-16(23)11-15)1-4-19(26)21(28)6-8-25(20(21)27)17-3-2-14-5-7-24-18(14)12-17/h2-3,5,7,9-12,24,28H,1,4,6,8H2/t21-/m1/s1. The number of aryl methyl sites for hydroxylation is 1. The number of rotatable bonds is 5. The van der Waals surface area contributed by atoms with Crippen LogP contribution in [0.15, 0.2) is 48.7 Å². The number of halogens is 2. The Morgan fingerprint density at radius 1 is 1.25 bits per heavy atom. The van der Waals surface area contributed by atoms with Gasteiger partial charge in [0, 0.05) is 41.8 Å². The van der Waals surface area contributed by atoms with E-state index in [1.54, 1.807) is 18.3 Å². The normalized spacial score (nSPS) is 19.5. The molecule has 0 aliphatic carbocycles. The molecule has 4 rings (SSSR count). The van der Waals surface area contributed by atoms with Crippen LogP contribution < -0.4 is 4.90 Å². The van der Waals surface area contributed by atoms with Crippen LogP contribution in [0.2, 0.25) is 5.02 Å². The van der Waals surface area contributed by atoms with Crippen LogP contribution in [-0.2, 0) is 16.0 Å². The molecule has 0 unspecified atom stereocenters. The fraction of sp³-hybridized carbons (Fsp3) is 0.238. The Bertz CT molecular complexity index is 1060. The first-order valence-electron chi connectivity index (χ1n) is 8.96. The molecule has 0 radical (unpaired) electrons. The van der Waals surface area contributed by atoms with Gasteiger partial charge in [-0.1, -0.05) is 17.7 Å². The highest BCUT2D eigenvalue weighted by Gasteiger charge is 2.50. The molecular formula is C21H18ClFN2O3. The number of ketones is 1. The van der Waals surface area contributed by atoms with Crippen LogP contribution in [0.3, 0.4) is 0 Å². The number of aromatic amines is 1. The van der Waals surface area contributed by atoms with Crippen LogP contribution in [0.1, 0.15) is 18.4 Å². The van der Waals surface area contributed by atoms with E-state index in [9.17, 15) is 19.1 Å². The van der Waals surface area contributed by atoms with Crippen LogP contribution in [0.5, 0.6) is 0 Å². The third kappa shape index (κ3) is 3.30. The quantitative estimate of drug-likeness (QED) is 0.642. The van der Waals surface area contributed by atoms with Gasteiger partial charge in [0.2, 0.25) is 5.60 Å². The van der Waals surface area contributed by atoms with Crippen molar-refractivity contribution in [2.75, 3.05) is 11.4 Å². The summed E-state index contributed by atoms with van der Waals surface area (Å²) < 4.78 is 13.4. The monoisotopic (exact) mass is 400 g/mol. The second kappa shape index (κ2) is 7.04. The lowest BCUT2D eigenvalue weighted by atomic mass is 9.92. The van der Waals surface area contributed by atoms with Gasteiger partial charge in [0.05, 0.1) is 0 Å². The molecule has 1 aromatic heterocycles. The van der Waals surface area contributed by atoms with E-state index >= 15 is 0 Å². The van der Waals surface area contributed by atoms with Crippen LogP contribution >= 0.6 is 11.6 Å². The van der Waals surface area contributed by atoms with E-state index in [1.165, 1.54) is 17.0 Å². The van der Waals surface area contributed by atoms with Crippen molar-refractivity contribution in [3.63, 3.8) is 0 Å². The number of carbonyl (C=O) groups excluding carboxylic acids is 2. The zero-order valence-corrected chi connectivity index (χ0v) is 15.7. The minimum Gasteiger partial charge on any atom is -0.373 e. The Labute approximate surface area is 165 Å². The molecule has 3 aromatic rings. The number of nitrogens with zero attached hydrogens (tertiary/aromatic N) is 1. The lowest BCUT2D eigenvalue weighted by Crippen LogP contribution is -2.47. The van der Waals surface area contributed by atoms with Crippen molar-refractivity contribution in [1.29, 1.82) is 0 Å². The number of amides is 1. The molecular weight excluding hydrogens is 383 g/mol. The topological polar surface area (TPSA) is 73.4 Å². The second-order valence-electron chi connectivity index (χ2n) is 7.02. The molecule has 144 valence electrons. The second-order valence-corrected chi connectivity index (χ2v) is 7.45. The number of Topliss-reactive ketones (excluding diaryl/α,β-unsaturated/α-hetero) is 1. The third-order valence-corrected chi connectivity index (χ3v) is 5.39. The van der Waals surface area contributed by atoms with Crippen LogP contribution in [0, 0.1) is 5.82 Å². The van der Waals surface area contributed by atoms with Gasteiger partial charge < -0.3 is 15.0 Å². The third-order valence-electron chi connectivity index (χ3n) is 5.17. The van der Waals surface area contributed by atoms with Crippen molar-refractivity contribution >= 4 is 39.9 Å². The van der Waals surface area contributed by atoms with Crippen LogP contribution in [0.4, 0.5) is 10.1 Å². The summed E-state index contributed by atoms with van der Waals surface area (Å²) in [5.74, 6) is -1.68. The number of aromatic nitrogens is 1. The van der Waals surface area contributed by atoms with E-state index in [1.807, 2.05) is 18.2 Å². The highest BCUT2D eigenvalue weighted by Crippen LogP contribution is 2.32. The number of fused-ring (bicyclic) bond motifs is 1. The highest BCUT2D eigenvalue weighted by atomic mass is 35.5. The van der Waals surface area contributed by atoms with Crippen molar-refractivity contribution in [3.05, 3.63) is 65.1 Å². The molecule has 1 atom stereocenters. The zero-order valence-electron chi connectivity index (χ0n) is 14.9. The Balaban J connectivity index is 1.49. The van der Waals surface area contributed by atoms with Crippen molar-refractivity contribution in [2.24, 2.45) is 0 Å². The van der Waals surface area contributed by atoms with Crippen LogP contribution in [-0.4, -0.2) is 33.9 Å². The smallest absolute Gasteiger partial charge is 0.266 e. The summed E-state index contributed by atoms with van der Waals surface area (Å²) in [6.07, 6.45) is 1.95. The largest absolute Gasteiger partial charge is 0.373 e. The van der Waals surface area contributed by atoms with Gasteiger partial charge in [0.25, 0.3) is 5.91 Å². The Morgan fingerprint density at radius 3 is 2.86 bits per heavy atom. The minimum atomic E-state index is -2.05. The van der Waals surface area contributed by atoms with E-state index < -0.39 is 23.1 Å². The molecule has 28 heavy (non-hydrogen) atoms. The molecule has 1 aliphatic heterocycles. The summed E-state index contributed by atoms with van der Waals surface area (Å²) in [5, 5.41) is 12.0. The van der Waals surface area contributed by atoms with E-state index in [-0.39, 0.29) is 30.8 Å². The summed E-state index contributed by atoms with van der Waals surface area (Å²) in [6, 6.07) is 11.4. The van der Waals surface area contributed by atoms with E-state index in [4.69, 9.17) is 11.6 Å². The number of anilines is 1. The van der Waals surface area contributed by atoms with Crippen molar-refractivity contribution in [2.45, 2.75) is 24.9 Å². The molecule has 1 amide bonds. The van der Waals surface area contributed by atoms with Gasteiger partial charge in [0.1, 0.15) is 5.82 Å². The van der Waals surface area contributed by atoms with Gasteiger partial charge in [-0.15, -0.1) is 0 Å². The Morgan fingerprint density at radius 2 is 2.07 bits per heavy atom. The summed E-state index contributed by atoms with van der Waals surface area (Å²) in [6.45, 7) is 0.249. The number of carbonyl (C=O) groups is 2. The predicted molar refractivity (Wildman–Crippen MR) is 105 cm³/mol. The van der Waals surface area contributed by atoms with Gasteiger partial charge in [-0.25, -0.2) is 4.39 Å². The number of aliphatic hydroxyl groups is 1. The van der Waals surface area contributed by atoms with Crippen molar-refractivity contribution in [3.8, 4) is 0 Å². The molecule has 0 spiro atoms. The first-order chi connectivity index (χ1) is 13.4. The summed E-state index contributed by atoms with van der Waals surface area (Å²) >= 11 is 5.83. The Hall–Kier alpha value is -2.70. The zero-order chi connectivity index (χ0) is 19.9.